The molecule has 1 amide bonds. The second-order valence-electron chi connectivity index (χ2n) is 5.07. The molecular weight excluding hydrogens is 260 g/mol. The molecule has 0 aliphatic heterocycles. The molecule has 6 nitrogen and oxygen atoms in total. The Morgan fingerprint density at radius 2 is 2.00 bits per heavy atom. The SMILES string of the molecule is CCN(CC(=O)O)C(=O)c1cc(CC(C)C)[nH]c(=O)c1. The van der Waals surface area contributed by atoms with E-state index in [1.165, 1.54) is 11.0 Å². The Morgan fingerprint density at radius 1 is 1.35 bits per heavy atom. The van der Waals surface area contributed by atoms with Gasteiger partial charge >= 0.3 is 5.97 Å². The Kier molecular flexibility index (Phi) is 5.49. The van der Waals surface area contributed by atoms with Crippen LogP contribution in [0.4, 0.5) is 0 Å². The molecule has 0 aliphatic rings. The van der Waals surface area contributed by atoms with Crippen molar-refractivity contribution in [3.63, 3.8) is 0 Å². The molecule has 0 saturated heterocycles. The summed E-state index contributed by atoms with van der Waals surface area (Å²) in [6.07, 6.45) is 0.654. The minimum Gasteiger partial charge on any atom is -0.480 e. The number of aromatic amines is 1. The van der Waals surface area contributed by atoms with Crippen LogP contribution in [0.25, 0.3) is 0 Å². The monoisotopic (exact) mass is 280 g/mol. The summed E-state index contributed by atoms with van der Waals surface area (Å²) in [5.74, 6) is -1.17. The zero-order valence-electron chi connectivity index (χ0n) is 12.0. The molecule has 0 fully saturated rings. The summed E-state index contributed by atoms with van der Waals surface area (Å²) < 4.78 is 0. The van der Waals surface area contributed by atoms with Gasteiger partial charge in [-0.1, -0.05) is 13.8 Å². The number of nitrogens with one attached hydrogen (secondary N) is 1. The number of nitrogens with zero attached hydrogens (tertiary/aromatic N) is 1. The van der Waals surface area contributed by atoms with Crippen molar-refractivity contribution in [2.24, 2.45) is 5.92 Å². The lowest BCUT2D eigenvalue weighted by atomic mass is 10.1. The first kappa shape index (κ1) is 15.9. The highest BCUT2D eigenvalue weighted by Gasteiger charge is 2.18. The van der Waals surface area contributed by atoms with Crippen molar-refractivity contribution in [1.29, 1.82) is 0 Å². The van der Waals surface area contributed by atoms with Crippen LogP contribution >= 0.6 is 0 Å². The number of carbonyl (C=O) groups is 2. The quantitative estimate of drug-likeness (QED) is 0.817. The first-order valence-electron chi connectivity index (χ1n) is 6.57. The van der Waals surface area contributed by atoms with Gasteiger partial charge in [-0.05, 0) is 25.3 Å². The van der Waals surface area contributed by atoms with Gasteiger partial charge in [-0.25, -0.2) is 0 Å². The molecule has 0 saturated carbocycles. The smallest absolute Gasteiger partial charge is 0.323 e. The molecule has 1 aromatic rings. The first-order chi connectivity index (χ1) is 9.33. The molecule has 0 aromatic carbocycles. The van der Waals surface area contributed by atoms with Crippen LogP contribution in [0.3, 0.4) is 0 Å². The zero-order chi connectivity index (χ0) is 15.3. The van der Waals surface area contributed by atoms with Crippen LogP contribution in [-0.2, 0) is 11.2 Å². The fourth-order valence-electron chi connectivity index (χ4n) is 1.95. The normalized spacial score (nSPS) is 10.6. The Morgan fingerprint density at radius 3 is 2.50 bits per heavy atom. The molecule has 1 aromatic heterocycles. The van der Waals surface area contributed by atoms with Crippen LogP contribution in [0.1, 0.15) is 36.8 Å². The molecule has 20 heavy (non-hydrogen) atoms. The van der Waals surface area contributed by atoms with E-state index in [-0.39, 0.29) is 24.2 Å². The van der Waals surface area contributed by atoms with Gasteiger partial charge in [-0.15, -0.1) is 0 Å². The van der Waals surface area contributed by atoms with E-state index < -0.39 is 11.9 Å². The number of amides is 1. The zero-order valence-corrected chi connectivity index (χ0v) is 12.0. The second kappa shape index (κ2) is 6.88. The van der Waals surface area contributed by atoms with Gasteiger partial charge in [0.15, 0.2) is 0 Å². The molecule has 0 atom stereocenters. The summed E-state index contributed by atoms with van der Waals surface area (Å²) in [5.41, 5.74) is 0.563. The molecule has 6 heteroatoms. The minimum atomic E-state index is -1.08. The third kappa shape index (κ3) is 4.53. The molecule has 0 aliphatic carbocycles. The van der Waals surface area contributed by atoms with Gasteiger partial charge in [0.05, 0.1) is 0 Å². The van der Waals surface area contributed by atoms with Gasteiger partial charge in [-0.2, -0.15) is 0 Å². The average molecular weight is 280 g/mol. The van der Waals surface area contributed by atoms with E-state index in [1.54, 1.807) is 13.0 Å². The molecular formula is C14H20N2O4. The molecule has 0 unspecified atom stereocenters. The largest absolute Gasteiger partial charge is 0.480 e. The van der Waals surface area contributed by atoms with Crippen molar-refractivity contribution in [3.8, 4) is 0 Å². The minimum absolute atomic E-state index is 0.229. The van der Waals surface area contributed by atoms with E-state index in [4.69, 9.17) is 5.11 Å². The van der Waals surface area contributed by atoms with Crippen LogP contribution in [0.5, 0.6) is 0 Å². The molecule has 110 valence electrons. The summed E-state index contributed by atoms with van der Waals surface area (Å²) in [5, 5.41) is 8.78. The number of H-pyrrole nitrogens is 1. The number of carboxylic acids is 1. The first-order valence-corrected chi connectivity index (χ1v) is 6.57. The number of hydrogen-bond donors (Lipinski definition) is 2. The summed E-state index contributed by atoms with van der Waals surface area (Å²) in [6.45, 7) is 5.62. The molecule has 0 spiro atoms. The van der Waals surface area contributed by atoms with Crippen molar-refractivity contribution in [1.82, 2.24) is 9.88 Å². The number of hydrogen-bond acceptors (Lipinski definition) is 3. The molecule has 2 N–H and O–H groups in total. The predicted molar refractivity (Wildman–Crippen MR) is 74.8 cm³/mol. The maximum absolute atomic E-state index is 12.2. The Hall–Kier alpha value is -2.11. The van der Waals surface area contributed by atoms with Crippen molar-refractivity contribution >= 4 is 11.9 Å². The van der Waals surface area contributed by atoms with Gasteiger partial charge in [0.1, 0.15) is 6.54 Å². The van der Waals surface area contributed by atoms with E-state index in [2.05, 4.69) is 4.98 Å². The summed E-state index contributed by atoms with van der Waals surface area (Å²) in [6, 6.07) is 2.82. The van der Waals surface area contributed by atoms with Crippen LogP contribution in [0, 0.1) is 5.92 Å². The number of aromatic nitrogens is 1. The Labute approximate surface area is 117 Å². The number of aliphatic carboxylic acids is 1. The number of likely N-dealkylation sites (N-methyl/N-ethyl adjacent to an activating group) is 1. The van der Waals surface area contributed by atoms with E-state index >= 15 is 0 Å². The Balaban J connectivity index is 3.05. The standard InChI is InChI=1S/C14H20N2O4/c1-4-16(8-13(18)19)14(20)10-6-11(5-9(2)3)15-12(17)7-10/h6-7,9H,4-5,8H2,1-3H3,(H,15,17)(H,18,19). The Bertz CT molecular complexity index is 548. The fourth-order valence-corrected chi connectivity index (χ4v) is 1.95. The third-order valence-electron chi connectivity index (χ3n) is 2.77. The average Bonchev–Trinajstić information content (AvgIpc) is 2.33. The van der Waals surface area contributed by atoms with Gasteiger partial charge < -0.3 is 15.0 Å². The number of carboxylic acid groups (broad SMARTS) is 1. The lowest BCUT2D eigenvalue weighted by Gasteiger charge is -2.18. The summed E-state index contributed by atoms with van der Waals surface area (Å²) in [4.78, 5) is 38.4. The van der Waals surface area contributed by atoms with Crippen LogP contribution in [0.15, 0.2) is 16.9 Å². The number of carbonyl (C=O) groups excluding carboxylic acids is 1. The lowest BCUT2D eigenvalue weighted by molar-refractivity contribution is -0.137. The van der Waals surface area contributed by atoms with Gasteiger partial charge in [0.2, 0.25) is 5.56 Å². The summed E-state index contributed by atoms with van der Waals surface area (Å²) >= 11 is 0. The van der Waals surface area contributed by atoms with E-state index in [0.717, 1.165) is 0 Å². The fraction of sp³-hybridized carbons (Fsp3) is 0.500. The van der Waals surface area contributed by atoms with Crippen molar-refractivity contribution < 1.29 is 14.7 Å². The predicted octanol–water partition coefficient (Wildman–Crippen LogP) is 1.12. The molecule has 1 rings (SSSR count). The lowest BCUT2D eigenvalue weighted by Crippen LogP contribution is -2.36. The van der Waals surface area contributed by atoms with Gasteiger partial charge in [-0.3, -0.25) is 14.4 Å². The molecule has 0 bridgehead atoms. The highest BCUT2D eigenvalue weighted by Crippen LogP contribution is 2.08. The highest BCUT2D eigenvalue weighted by molar-refractivity contribution is 5.95. The topological polar surface area (TPSA) is 90.5 Å². The van der Waals surface area contributed by atoms with Crippen LogP contribution in [0.2, 0.25) is 0 Å². The van der Waals surface area contributed by atoms with Crippen molar-refractivity contribution in [2.45, 2.75) is 27.2 Å². The molecule has 1 heterocycles. The van der Waals surface area contributed by atoms with Gasteiger partial charge in [0.25, 0.3) is 5.91 Å². The van der Waals surface area contributed by atoms with Crippen molar-refractivity contribution in [3.05, 3.63) is 33.7 Å². The molecule has 0 radical (unpaired) electrons. The number of rotatable bonds is 6. The van der Waals surface area contributed by atoms with Gasteiger partial charge in [0, 0.05) is 23.9 Å². The summed E-state index contributed by atoms with van der Waals surface area (Å²) in [7, 11) is 0. The van der Waals surface area contributed by atoms with E-state index in [9.17, 15) is 14.4 Å². The van der Waals surface area contributed by atoms with E-state index in [0.29, 0.717) is 18.0 Å². The van der Waals surface area contributed by atoms with E-state index in [1.807, 2.05) is 13.8 Å². The maximum atomic E-state index is 12.2. The van der Waals surface area contributed by atoms with Crippen molar-refractivity contribution in [2.75, 3.05) is 13.1 Å². The maximum Gasteiger partial charge on any atom is 0.323 e. The highest BCUT2D eigenvalue weighted by atomic mass is 16.4. The third-order valence-corrected chi connectivity index (χ3v) is 2.77. The van der Waals surface area contributed by atoms with Crippen LogP contribution in [-0.4, -0.2) is 40.0 Å². The second-order valence-corrected chi connectivity index (χ2v) is 5.07. The number of pyridine rings is 1. The van der Waals surface area contributed by atoms with Crippen LogP contribution < -0.4 is 5.56 Å².